The quantitative estimate of drug-likeness (QED) is 0.704. The van der Waals surface area contributed by atoms with Crippen molar-refractivity contribution in [2.45, 2.75) is 6.42 Å². The minimum absolute atomic E-state index is 0.0752. The van der Waals surface area contributed by atoms with E-state index in [0.717, 1.165) is 20.8 Å². The second-order valence-corrected chi connectivity index (χ2v) is 6.69. The number of amides is 1. The molecule has 4 rings (SSSR count). The summed E-state index contributed by atoms with van der Waals surface area (Å²) in [7, 11) is 0. The van der Waals surface area contributed by atoms with Gasteiger partial charge in [-0.05, 0) is 32.3 Å². The zero-order valence-electron chi connectivity index (χ0n) is 13.4. The van der Waals surface area contributed by atoms with Gasteiger partial charge < -0.3 is 14.8 Å². The van der Waals surface area contributed by atoms with Crippen molar-refractivity contribution in [2.75, 3.05) is 18.5 Å². The SMILES string of the molecule is O=C(Cc1cccc2ccccc12)Nc1cc2c(cc1Br)OCCO2. The zero-order valence-corrected chi connectivity index (χ0v) is 15.0. The highest BCUT2D eigenvalue weighted by Crippen LogP contribution is 2.38. The molecule has 1 heterocycles. The number of hydrogen-bond donors (Lipinski definition) is 1. The molecule has 1 N–H and O–H groups in total. The molecule has 25 heavy (non-hydrogen) atoms. The molecule has 0 bridgehead atoms. The maximum Gasteiger partial charge on any atom is 0.228 e. The second-order valence-electron chi connectivity index (χ2n) is 5.84. The molecule has 0 unspecified atom stereocenters. The zero-order chi connectivity index (χ0) is 17.2. The van der Waals surface area contributed by atoms with E-state index < -0.39 is 0 Å². The third kappa shape index (κ3) is 3.33. The van der Waals surface area contributed by atoms with Crippen LogP contribution in [0.5, 0.6) is 11.5 Å². The highest BCUT2D eigenvalue weighted by molar-refractivity contribution is 9.10. The van der Waals surface area contributed by atoms with E-state index in [4.69, 9.17) is 9.47 Å². The standard InChI is InChI=1S/C20H16BrNO3/c21-16-11-18-19(25-9-8-24-18)12-17(16)22-20(23)10-14-6-3-5-13-4-1-2-7-15(13)14/h1-7,11-12H,8-10H2,(H,22,23). The molecule has 0 saturated heterocycles. The minimum atomic E-state index is -0.0752. The predicted molar refractivity (Wildman–Crippen MR) is 101 cm³/mol. The van der Waals surface area contributed by atoms with E-state index in [1.165, 1.54) is 0 Å². The van der Waals surface area contributed by atoms with Crippen molar-refractivity contribution >= 4 is 38.3 Å². The number of halogens is 1. The lowest BCUT2D eigenvalue weighted by Crippen LogP contribution is -2.17. The van der Waals surface area contributed by atoms with Crippen LogP contribution in [0, 0.1) is 0 Å². The summed E-state index contributed by atoms with van der Waals surface area (Å²) in [6.45, 7) is 1.05. The van der Waals surface area contributed by atoms with Crippen LogP contribution >= 0.6 is 15.9 Å². The Morgan fingerprint density at radius 2 is 1.72 bits per heavy atom. The van der Waals surface area contributed by atoms with Gasteiger partial charge in [-0.1, -0.05) is 42.5 Å². The van der Waals surface area contributed by atoms with E-state index >= 15 is 0 Å². The Hall–Kier alpha value is -2.53. The molecular formula is C20H16BrNO3. The Bertz CT molecular complexity index is 950. The first-order valence-corrected chi connectivity index (χ1v) is 8.85. The largest absolute Gasteiger partial charge is 0.486 e. The number of ether oxygens (including phenoxy) is 2. The Morgan fingerprint density at radius 3 is 2.56 bits per heavy atom. The van der Waals surface area contributed by atoms with Crippen molar-refractivity contribution in [3.05, 3.63) is 64.6 Å². The van der Waals surface area contributed by atoms with Crippen molar-refractivity contribution in [1.29, 1.82) is 0 Å². The van der Waals surface area contributed by atoms with Gasteiger partial charge in [0.15, 0.2) is 11.5 Å². The molecule has 1 amide bonds. The van der Waals surface area contributed by atoms with Gasteiger partial charge in [-0.3, -0.25) is 4.79 Å². The molecule has 3 aromatic rings. The van der Waals surface area contributed by atoms with Crippen LogP contribution in [0.25, 0.3) is 10.8 Å². The predicted octanol–water partition coefficient (Wildman–Crippen LogP) is 4.55. The fourth-order valence-electron chi connectivity index (χ4n) is 2.97. The first-order chi connectivity index (χ1) is 12.2. The maximum atomic E-state index is 12.5. The Kier molecular flexibility index (Phi) is 4.32. The van der Waals surface area contributed by atoms with E-state index in [-0.39, 0.29) is 5.91 Å². The molecule has 0 atom stereocenters. The van der Waals surface area contributed by atoms with Crippen molar-refractivity contribution in [3.8, 4) is 11.5 Å². The summed E-state index contributed by atoms with van der Waals surface area (Å²) in [4.78, 5) is 12.5. The number of carbonyl (C=O) groups is 1. The van der Waals surface area contributed by atoms with Gasteiger partial charge >= 0.3 is 0 Å². The molecule has 0 aliphatic carbocycles. The molecule has 126 valence electrons. The highest BCUT2D eigenvalue weighted by Gasteiger charge is 2.16. The lowest BCUT2D eigenvalue weighted by atomic mass is 10.0. The van der Waals surface area contributed by atoms with Gasteiger partial charge in [-0.15, -0.1) is 0 Å². The molecule has 1 aliphatic rings. The summed E-state index contributed by atoms with van der Waals surface area (Å²) in [5.74, 6) is 1.26. The van der Waals surface area contributed by atoms with Crippen molar-refractivity contribution in [1.82, 2.24) is 0 Å². The normalized spacial score (nSPS) is 12.8. The number of rotatable bonds is 3. The van der Waals surface area contributed by atoms with Gasteiger partial charge in [0.25, 0.3) is 0 Å². The Labute approximate surface area is 153 Å². The molecule has 0 fully saturated rings. The summed E-state index contributed by atoms with van der Waals surface area (Å²) >= 11 is 3.48. The Morgan fingerprint density at radius 1 is 1.00 bits per heavy atom. The number of fused-ring (bicyclic) bond motifs is 2. The van der Waals surface area contributed by atoms with Gasteiger partial charge in [0.1, 0.15) is 13.2 Å². The summed E-state index contributed by atoms with van der Waals surface area (Å²) in [6.07, 6.45) is 0.308. The minimum Gasteiger partial charge on any atom is -0.486 e. The van der Waals surface area contributed by atoms with E-state index in [9.17, 15) is 4.79 Å². The molecule has 0 aromatic heterocycles. The maximum absolute atomic E-state index is 12.5. The van der Waals surface area contributed by atoms with Crippen LogP contribution in [0.2, 0.25) is 0 Å². The number of anilines is 1. The monoisotopic (exact) mass is 397 g/mol. The molecule has 3 aromatic carbocycles. The summed E-state index contributed by atoms with van der Waals surface area (Å²) in [5, 5.41) is 5.18. The number of benzene rings is 3. The fraction of sp³-hybridized carbons (Fsp3) is 0.150. The van der Waals surface area contributed by atoms with E-state index in [1.54, 1.807) is 6.07 Å². The average Bonchev–Trinajstić information content (AvgIpc) is 2.63. The van der Waals surface area contributed by atoms with Crippen LogP contribution in [0.15, 0.2) is 59.1 Å². The van der Waals surface area contributed by atoms with Crippen LogP contribution in [-0.2, 0) is 11.2 Å². The van der Waals surface area contributed by atoms with Crippen LogP contribution in [0.3, 0.4) is 0 Å². The van der Waals surface area contributed by atoms with E-state index in [2.05, 4.69) is 21.2 Å². The summed E-state index contributed by atoms with van der Waals surface area (Å²) < 4.78 is 11.9. The molecule has 5 heteroatoms. The van der Waals surface area contributed by atoms with Gasteiger partial charge in [0, 0.05) is 16.6 Å². The lowest BCUT2D eigenvalue weighted by Gasteiger charge is -2.20. The van der Waals surface area contributed by atoms with Crippen molar-refractivity contribution in [2.24, 2.45) is 0 Å². The molecule has 1 aliphatic heterocycles. The highest BCUT2D eigenvalue weighted by atomic mass is 79.9. The summed E-state index contributed by atoms with van der Waals surface area (Å²) in [6, 6.07) is 17.7. The summed E-state index contributed by atoms with van der Waals surface area (Å²) in [5.41, 5.74) is 1.68. The molecular weight excluding hydrogens is 382 g/mol. The van der Waals surface area contributed by atoms with Crippen LogP contribution < -0.4 is 14.8 Å². The van der Waals surface area contributed by atoms with E-state index in [0.29, 0.717) is 36.8 Å². The molecule has 0 saturated carbocycles. The molecule has 4 nitrogen and oxygen atoms in total. The van der Waals surface area contributed by atoms with Crippen LogP contribution in [0.4, 0.5) is 5.69 Å². The van der Waals surface area contributed by atoms with Gasteiger partial charge in [-0.25, -0.2) is 0 Å². The average molecular weight is 398 g/mol. The third-order valence-electron chi connectivity index (χ3n) is 4.14. The number of carbonyl (C=O) groups excluding carboxylic acids is 1. The Balaban J connectivity index is 1.56. The second kappa shape index (κ2) is 6.76. The topological polar surface area (TPSA) is 47.6 Å². The first kappa shape index (κ1) is 16.0. The van der Waals surface area contributed by atoms with Crippen molar-refractivity contribution < 1.29 is 14.3 Å². The van der Waals surface area contributed by atoms with Gasteiger partial charge in [0.2, 0.25) is 5.91 Å². The van der Waals surface area contributed by atoms with Crippen LogP contribution in [0.1, 0.15) is 5.56 Å². The molecule has 0 radical (unpaired) electrons. The smallest absolute Gasteiger partial charge is 0.228 e. The fourth-order valence-corrected chi connectivity index (χ4v) is 3.40. The van der Waals surface area contributed by atoms with E-state index in [1.807, 2.05) is 48.5 Å². The van der Waals surface area contributed by atoms with Gasteiger partial charge in [-0.2, -0.15) is 0 Å². The van der Waals surface area contributed by atoms with Crippen LogP contribution in [-0.4, -0.2) is 19.1 Å². The lowest BCUT2D eigenvalue weighted by molar-refractivity contribution is -0.115. The number of nitrogens with one attached hydrogen (secondary N) is 1. The van der Waals surface area contributed by atoms with Gasteiger partial charge in [0.05, 0.1) is 12.1 Å². The molecule has 0 spiro atoms. The van der Waals surface area contributed by atoms with Crippen molar-refractivity contribution in [3.63, 3.8) is 0 Å². The third-order valence-corrected chi connectivity index (χ3v) is 4.79. The number of hydrogen-bond acceptors (Lipinski definition) is 3. The first-order valence-electron chi connectivity index (χ1n) is 8.06.